The molecule has 0 aliphatic rings. The van der Waals surface area contributed by atoms with Gasteiger partial charge in [-0.3, -0.25) is 4.79 Å². The van der Waals surface area contributed by atoms with Gasteiger partial charge in [-0.15, -0.1) is 11.3 Å². The summed E-state index contributed by atoms with van der Waals surface area (Å²) in [6.07, 6.45) is 2.69. The maximum atomic E-state index is 10.4. The molecule has 1 aromatic heterocycles. The number of aliphatic carboxylic acids is 1. The number of carboxylic acid groups (broad SMARTS) is 1. The van der Waals surface area contributed by atoms with Crippen LogP contribution >= 0.6 is 27.3 Å². The second-order valence-electron chi connectivity index (χ2n) is 2.97. The summed E-state index contributed by atoms with van der Waals surface area (Å²) in [5, 5.41) is 9.62. The van der Waals surface area contributed by atoms with E-state index in [1.165, 1.54) is 0 Å². The number of hydrogen-bond donors (Lipinski definition) is 1. The number of aromatic nitrogens is 1. The summed E-state index contributed by atoms with van der Waals surface area (Å²) in [6.45, 7) is 2.10. The second kappa shape index (κ2) is 5.46. The minimum Gasteiger partial charge on any atom is -0.481 e. The van der Waals surface area contributed by atoms with Crippen LogP contribution < -0.4 is 0 Å². The zero-order chi connectivity index (χ0) is 10.6. The van der Waals surface area contributed by atoms with Gasteiger partial charge in [0.25, 0.3) is 0 Å². The van der Waals surface area contributed by atoms with Crippen molar-refractivity contribution in [3.63, 3.8) is 0 Å². The molecule has 0 spiro atoms. The van der Waals surface area contributed by atoms with Crippen molar-refractivity contribution in [2.45, 2.75) is 32.6 Å². The molecule has 0 aliphatic carbocycles. The number of carbonyl (C=O) groups is 1. The maximum absolute atomic E-state index is 10.4. The number of nitrogens with zero attached hydrogens (tertiary/aromatic N) is 1. The molecule has 0 aliphatic heterocycles. The van der Waals surface area contributed by atoms with Gasteiger partial charge in [-0.1, -0.05) is 6.92 Å². The van der Waals surface area contributed by atoms with Gasteiger partial charge < -0.3 is 5.11 Å². The molecule has 1 heterocycles. The lowest BCUT2D eigenvalue weighted by Crippen LogP contribution is -1.98. The molecule has 0 atom stereocenters. The van der Waals surface area contributed by atoms with E-state index in [0.29, 0.717) is 6.42 Å². The lowest BCUT2D eigenvalue weighted by atomic mass is 10.2. The Morgan fingerprint density at radius 3 is 2.86 bits per heavy atom. The highest BCUT2D eigenvalue weighted by atomic mass is 79.9. The summed E-state index contributed by atoms with van der Waals surface area (Å²) in [7, 11) is 0. The molecule has 0 radical (unpaired) electrons. The second-order valence-corrected chi connectivity index (χ2v) is 5.37. The summed E-state index contributed by atoms with van der Waals surface area (Å²) >= 11 is 5.00. The Labute approximate surface area is 95.3 Å². The molecule has 1 rings (SSSR count). The third-order valence-corrected chi connectivity index (χ3v) is 3.62. The third kappa shape index (κ3) is 3.38. The molecule has 0 fully saturated rings. The highest BCUT2D eigenvalue weighted by molar-refractivity contribution is 9.11. The standard InChI is InChI=1S/C9H12BrNO2S/c1-2-3-7-11-6(9(10)14-7)4-5-8(12)13/h2-5H2,1H3,(H,12,13). The van der Waals surface area contributed by atoms with Crippen molar-refractivity contribution >= 4 is 33.2 Å². The molecule has 1 N–H and O–H groups in total. The molecule has 0 unspecified atom stereocenters. The summed E-state index contributed by atoms with van der Waals surface area (Å²) in [6, 6.07) is 0. The summed E-state index contributed by atoms with van der Waals surface area (Å²) in [5.41, 5.74) is 0.876. The van der Waals surface area contributed by atoms with Gasteiger partial charge in [0.1, 0.15) is 0 Å². The smallest absolute Gasteiger partial charge is 0.303 e. The number of hydrogen-bond acceptors (Lipinski definition) is 3. The monoisotopic (exact) mass is 277 g/mol. The Hall–Kier alpha value is -0.420. The molecule has 3 nitrogen and oxygen atoms in total. The molecule has 0 amide bonds. The fraction of sp³-hybridized carbons (Fsp3) is 0.556. The first-order chi connectivity index (χ1) is 6.63. The van der Waals surface area contributed by atoms with Gasteiger partial charge in [-0.05, 0) is 28.8 Å². The number of carboxylic acids is 1. The highest BCUT2D eigenvalue weighted by Gasteiger charge is 2.09. The zero-order valence-corrected chi connectivity index (χ0v) is 10.3. The normalized spacial score (nSPS) is 10.4. The van der Waals surface area contributed by atoms with Crippen LogP contribution in [0.25, 0.3) is 0 Å². The van der Waals surface area contributed by atoms with E-state index in [2.05, 4.69) is 27.8 Å². The number of aryl methyl sites for hydroxylation is 2. The Morgan fingerprint density at radius 2 is 2.29 bits per heavy atom. The SMILES string of the molecule is CCCc1nc(CCC(=O)O)c(Br)s1. The Bertz CT molecular complexity index is 325. The molecule has 0 saturated heterocycles. The van der Waals surface area contributed by atoms with Crippen LogP contribution in [0.15, 0.2) is 3.79 Å². The Kier molecular flexibility index (Phi) is 4.54. The van der Waals surface area contributed by atoms with Crippen LogP contribution in [0.3, 0.4) is 0 Å². The highest BCUT2D eigenvalue weighted by Crippen LogP contribution is 2.26. The van der Waals surface area contributed by atoms with Crippen molar-refractivity contribution in [3.05, 3.63) is 14.5 Å². The van der Waals surface area contributed by atoms with Gasteiger partial charge >= 0.3 is 5.97 Å². The van der Waals surface area contributed by atoms with Gasteiger partial charge in [0.15, 0.2) is 0 Å². The number of thiazole rings is 1. The van der Waals surface area contributed by atoms with Gasteiger partial charge in [0, 0.05) is 6.42 Å². The summed E-state index contributed by atoms with van der Waals surface area (Å²) < 4.78 is 0.974. The molecule has 78 valence electrons. The zero-order valence-electron chi connectivity index (χ0n) is 7.92. The average molecular weight is 278 g/mol. The van der Waals surface area contributed by atoms with E-state index in [4.69, 9.17) is 5.11 Å². The van der Waals surface area contributed by atoms with Crippen LogP contribution in [0.1, 0.15) is 30.5 Å². The lowest BCUT2D eigenvalue weighted by molar-refractivity contribution is -0.136. The quantitative estimate of drug-likeness (QED) is 0.901. The largest absolute Gasteiger partial charge is 0.481 e. The fourth-order valence-corrected chi connectivity index (χ4v) is 2.86. The molecule has 1 aromatic rings. The molecule has 0 aromatic carbocycles. The van der Waals surface area contributed by atoms with Crippen molar-refractivity contribution in [2.24, 2.45) is 0 Å². The van der Waals surface area contributed by atoms with Gasteiger partial charge in [0.2, 0.25) is 0 Å². The summed E-state index contributed by atoms with van der Waals surface area (Å²) in [4.78, 5) is 14.8. The van der Waals surface area contributed by atoms with E-state index in [-0.39, 0.29) is 6.42 Å². The summed E-state index contributed by atoms with van der Waals surface area (Å²) in [5.74, 6) is -0.776. The van der Waals surface area contributed by atoms with E-state index >= 15 is 0 Å². The fourth-order valence-electron chi connectivity index (χ4n) is 1.08. The van der Waals surface area contributed by atoms with Gasteiger partial charge in [-0.25, -0.2) is 4.98 Å². The van der Waals surface area contributed by atoms with Crippen LogP contribution in [-0.2, 0) is 17.6 Å². The van der Waals surface area contributed by atoms with E-state index in [1.807, 2.05) is 0 Å². The number of rotatable bonds is 5. The first kappa shape index (κ1) is 11.7. The van der Waals surface area contributed by atoms with Crippen molar-refractivity contribution in [1.82, 2.24) is 4.98 Å². The van der Waals surface area contributed by atoms with E-state index in [9.17, 15) is 4.79 Å². The third-order valence-electron chi connectivity index (χ3n) is 1.73. The van der Waals surface area contributed by atoms with Crippen LogP contribution in [0.2, 0.25) is 0 Å². The van der Waals surface area contributed by atoms with Crippen LogP contribution in [-0.4, -0.2) is 16.1 Å². The van der Waals surface area contributed by atoms with Crippen molar-refractivity contribution in [1.29, 1.82) is 0 Å². The van der Waals surface area contributed by atoms with Gasteiger partial charge in [-0.2, -0.15) is 0 Å². The minimum atomic E-state index is -0.776. The van der Waals surface area contributed by atoms with Crippen molar-refractivity contribution in [2.75, 3.05) is 0 Å². The topological polar surface area (TPSA) is 50.2 Å². The molecule has 14 heavy (non-hydrogen) atoms. The van der Waals surface area contributed by atoms with E-state index < -0.39 is 5.97 Å². The first-order valence-corrected chi connectivity index (χ1v) is 6.10. The predicted octanol–water partition coefficient (Wildman–Crippen LogP) is 2.88. The lowest BCUT2D eigenvalue weighted by Gasteiger charge is -1.92. The maximum Gasteiger partial charge on any atom is 0.303 e. The van der Waals surface area contributed by atoms with E-state index in [0.717, 1.165) is 27.3 Å². The van der Waals surface area contributed by atoms with Crippen molar-refractivity contribution < 1.29 is 9.90 Å². The molecular weight excluding hydrogens is 266 g/mol. The molecule has 0 bridgehead atoms. The molecule has 5 heteroatoms. The molecular formula is C9H12BrNO2S. The molecule has 0 saturated carbocycles. The first-order valence-electron chi connectivity index (χ1n) is 4.49. The van der Waals surface area contributed by atoms with Gasteiger partial charge in [0.05, 0.1) is 20.9 Å². The van der Waals surface area contributed by atoms with Crippen LogP contribution in [0, 0.1) is 0 Å². The average Bonchev–Trinajstić information content (AvgIpc) is 2.44. The Morgan fingerprint density at radius 1 is 1.57 bits per heavy atom. The van der Waals surface area contributed by atoms with Crippen LogP contribution in [0.5, 0.6) is 0 Å². The predicted molar refractivity (Wildman–Crippen MR) is 59.8 cm³/mol. The van der Waals surface area contributed by atoms with Crippen LogP contribution in [0.4, 0.5) is 0 Å². The minimum absolute atomic E-state index is 0.147. The van der Waals surface area contributed by atoms with Crippen molar-refractivity contribution in [3.8, 4) is 0 Å². The Balaban J connectivity index is 2.62. The van der Waals surface area contributed by atoms with E-state index in [1.54, 1.807) is 11.3 Å². The number of halogens is 1.